The van der Waals surface area contributed by atoms with Crippen molar-refractivity contribution in [3.8, 4) is 0 Å². The Morgan fingerprint density at radius 2 is 2.08 bits per heavy atom. The molecule has 1 fully saturated rings. The second-order valence-electron chi connectivity index (χ2n) is 2.55. The van der Waals surface area contributed by atoms with Gasteiger partial charge in [-0.3, -0.25) is 4.57 Å². The van der Waals surface area contributed by atoms with Gasteiger partial charge in [0, 0.05) is 6.04 Å². The maximum absolute atomic E-state index is 10.8. The first-order chi connectivity index (χ1) is 4.99. The molecule has 0 bridgehead atoms. The zero-order valence-electron chi connectivity index (χ0n) is 5.78. The second kappa shape index (κ2) is 4.80. The predicted molar refractivity (Wildman–Crippen MR) is 48.6 cm³/mol. The van der Waals surface area contributed by atoms with Gasteiger partial charge in [-0.05, 0) is 6.42 Å². The molecule has 0 amide bonds. The zero-order chi connectivity index (χ0) is 8.48. The minimum atomic E-state index is -2.94. The van der Waals surface area contributed by atoms with Gasteiger partial charge in [-0.2, -0.15) is 0 Å². The Labute approximate surface area is 83.9 Å². The van der Waals surface area contributed by atoms with Crippen LogP contribution in [0, 0.1) is 0 Å². The number of sulfone groups is 1. The van der Waals surface area contributed by atoms with E-state index in [0.29, 0.717) is 6.42 Å². The summed E-state index contributed by atoms with van der Waals surface area (Å²) in [6.45, 7) is 0. The summed E-state index contributed by atoms with van der Waals surface area (Å²) in [6.07, 6.45) is 0.444. The van der Waals surface area contributed by atoms with Crippen molar-refractivity contribution in [2.45, 2.75) is 12.5 Å². The molecule has 0 saturated carbocycles. The van der Waals surface area contributed by atoms with E-state index in [1.165, 1.54) is 0 Å². The maximum atomic E-state index is 10.8. The Balaban J connectivity index is 0.00000121. The minimum absolute atomic E-state index is 0. The van der Waals surface area contributed by atoms with Crippen molar-refractivity contribution in [2.75, 3.05) is 11.5 Å². The Morgan fingerprint density at radius 3 is 2.42 bits per heavy atom. The van der Waals surface area contributed by atoms with Crippen LogP contribution in [0.25, 0.3) is 0 Å². The zero-order valence-corrected chi connectivity index (χ0v) is 7.60. The quantitative estimate of drug-likeness (QED) is 0.425. The van der Waals surface area contributed by atoms with Crippen molar-refractivity contribution in [3.63, 3.8) is 0 Å². The Bertz CT molecular complexity index is 266. The average molecular weight is 207 g/mol. The van der Waals surface area contributed by atoms with Crippen LogP contribution in [0.2, 0.25) is 0 Å². The van der Waals surface area contributed by atoms with E-state index >= 15 is 0 Å². The molecule has 8 heteroatoms. The molecule has 1 rings (SSSR count). The van der Waals surface area contributed by atoms with E-state index in [2.05, 4.69) is 5.09 Å². The summed E-state index contributed by atoms with van der Waals surface area (Å²) in [5.41, 5.74) is 0. The van der Waals surface area contributed by atoms with Crippen LogP contribution in [0.4, 0.5) is 0 Å². The molecule has 0 radical (unpaired) electrons. The monoisotopic (exact) mass is 207 g/mol. The van der Waals surface area contributed by atoms with Gasteiger partial charge in [0.05, 0.1) is 11.5 Å². The molecule has 0 spiro atoms. The number of hydrogen-bond donors (Lipinski definition) is 2. The number of hydrogen-bond acceptors (Lipinski definition) is 3. The van der Waals surface area contributed by atoms with Crippen molar-refractivity contribution >= 4 is 36.9 Å². The predicted octanol–water partition coefficient (Wildman–Crippen LogP) is -1.50. The first kappa shape index (κ1) is 12.7. The normalized spacial score (nSPS) is 29.2. The molecule has 1 aliphatic rings. The molecular weight excluding hydrogens is 196 g/mol. The van der Waals surface area contributed by atoms with Gasteiger partial charge in [-0.1, -0.05) is 0 Å². The molecule has 2 unspecified atom stereocenters. The fraction of sp³-hybridized carbons (Fsp3) is 1.00. The molecule has 0 aromatic carbocycles. The van der Waals surface area contributed by atoms with E-state index in [0.717, 1.165) is 0 Å². The van der Waals surface area contributed by atoms with Crippen LogP contribution in [-0.4, -0.2) is 49.7 Å². The molecule has 0 aliphatic carbocycles. The summed E-state index contributed by atoms with van der Waals surface area (Å²) in [7, 11) is -5.67. The van der Waals surface area contributed by atoms with Crippen molar-refractivity contribution in [3.05, 3.63) is 0 Å². The third-order valence-corrected chi connectivity index (χ3v) is 3.98. The van der Waals surface area contributed by atoms with E-state index in [1.807, 2.05) is 0 Å². The van der Waals surface area contributed by atoms with Gasteiger partial charge in [-0.15, -0.1) is 0 Å². The van der Waals surface area contributed by atoms with Gasteiger partial charge < -0.3 is 4.89 Å². The molecule has 0 aromatic rings. The summed E-state index contributed by atoms with van der Waals surface area (Å²) in [5, 5.41) is 2.32. The molecule has 2 atom stereocenters. The van der Waals surface area contributed by atoms with Crippen LogP contribution in [0.15, 0.2) is 0 Å². The third-order valence-electron chi connectivity index (χ3n) is 1.56. The number of nitrogens with one attached hydrogen (secondary N) is 1. The molecule has 1 heterocycles. The molecule has 1 aliphatic heterocycles. The molecule has 2 N–H and O–H groups in total. The molecular formula is C4H11LiNO4PS. The fourth-order valence-electron chi connectivity index (χ4n) is 1.08. The molecule has 1 saturated heterocycles. The topological polar surface area (TPSA) is 83.5 Å². The average Bonchev–Trinajstić information content (AvgIpc) is 2.08. The molecule has 5 nitrogen and oxygen atoms in total. The molecule has 68 valence electrons. The summed E-state index contributed by atoms with van der Waals surface area (Å²) in [6, 6.07) is -0.323. The standard InChI is InChI=1S/C4H10NO4PS.Li.H/c6-10(7)5-4-1-2-11(8,9)3-4;;/h4,10H,1-3H2,(H2,5,6,7);;. The number of rotatable bonds is 2. The van der Waals surface area contributed by atoms with Crippen molar-refractivity contribution in [1.82, 2.24) is 5.09 Å². The SMILES string of the molecule is O=[PH](O)NC1CCS(=O)(=O)C1.[LiH]. The first-order valence-electron chi connectivity index (χ1n) is 3.19. The summed E-state index contributed by atoms with van der Waals surface area (Å²) in [5.74, 6) is 0.115. The fourth-order valence-corrected chi connectivity index (χ4v) is 3.50. The van der Waals surface area contributed by atoms with E-state index in [9.17, 15) is 13.0 Å². The van der Waals surface area contributed by atoms with Gasteiger partial charge >= 0.3 is 18.9 Å². The van der Waals surface area contributed by atoms with E-state index in [4.69, 9.17) is 4.89 Å². The van der Waals surface area contributed by atoms with E-state index in [1.54, 1.807) is 0 Å². The van der Waals surface area contributed by atoms with E-state index < -0.39 is 18.0 Å². The van der Waals surface area contributed by atoms with Gasteiger partial charge in [0.15, 0.2) is 9.84 Å². The second-order valence-corrected chi connectivity index (χ2v) is 5.68. The molecule has 12 heavy (non-hydrogen) atoms. The van der Waals surface area contributed by atoms with Crippen LogP contribution in [0.5, 0.6) is 0 Å². The van der Waals surface area contributed by atoms with Crippen molar-refractivity contribution in [2.24, 2.45) is 0 Å². The van der Waals surface area contributed by atoms with Crippen molar-refractivity contribution in [1.29, 1.82) is 0 Å². The van der Waals surface area contributed by atoms with Crippen LogP contribution in [0.3, 0.4) is 0 Å². The van der Waals surface area contributed by atoms with E-state index in [-0.39, 0.29) is 36.4 Å². The van der Waals surface area contributed by atoms with Crippen molar-refractivity contribution < 1.29 is 17.9 Å². The Kier molecular flexibility index (Phi) is 5.08. The summed E-state index contributed by atoms with van der Waals surface area (Å²) >= 11 is 0. The Hall–Kier alpha value is 0.697. The third kappa shape index (κ3) is 4.08. The van der Waals surface area contributed by atoms with Crippen LogP contribution in [0.1, 0.15) is 6.42 Å². The summed E-state index contributed by atoms with van der Waals surface area (Å²) < 4.78 is 31.9. The van der Waals surface area contributed by atoms with Gasteiger partial charge in [-0.25, -0.2) is 13.5 Å². The first-order valence-corrected chi connectivity index (χ1v) is 6.37. The van der Waals surface area contributed by atoms with Gasteiger partial charge in [0.2, 0.25) is 0 Å². The van der Waals surface area contributed by atoms with Crippen LogP contribution >= 0.6 is 8.18 Å². The Morgan fingerprint density at radius 1 is 1.50 bits per heavy atom. The van der Waals surface area contributed by atoms with Crippen LogP contribution in [-0.2, 0) is 14.4 Å². The molecule has 0 aromatic heterocycles. The summed E-state index contributed by atoms with van der Waals surface area (Å²) in [4.78, 5) is 8.42. The van der Waals surface area contributed by atoms with Gasteiger partial charge in [0.25, 0.3) is 8.18 Å². The van der Waals surface area contributed by atoms with Crippen LogP contribution < -0.4 is 5.09 Å². The van der Waals surface area contributed by atoms with Gasteiger partial charge in [0.1, 0.15) is 0 Å².